The Morgan fingerprint density at radius 2 is 1.73 bits per heavy atom. The lowest BCUT2D eigenvalue weighted by Crippen LogP contribution is -2.55. The van der Waals surface area contributed by atoms with Crippen molar-refractivity contribution in [3.05, 3.63) is 23.3 Å². The molecule has 3 nitrogen and oxygen atoms in total. The molecule has 3 fully saturated rings. The van der Waals surface area contributed by atoms with Gasteiger partial charge in [0.15, 0.2) is 5.79 Å². The Kier molecular flexibility index (Phi) is 5.82. The monoisotopic (exact) mass is 416 g/mol. The van der Waals surface area contributed by atoms with Crippen molar-refractivity contribution in [3.63, 3.8) is 0 Å². The van der Waals surface area contributed by atoms with Crippen LogP contribution in [0.25, 0.3) is 0 Å². The van der Waals surface area contributed by atoms with Gasteiger partial charge in [0.25, 0.3) is 0 Å². The second-order valence-electron chi connectivity index (χ2n) is 12.2. The minimum Gasteiger partial charge on any atom is -0.387 e. The lowest BCUT2D eigenvalue weighted by Gasteiger charge is -2.56. The van der Waals surface area contributed by atoms with E-state index in [9.17, 15) is 15.3 Å². The molecule has 4 aliphatic rings. The minimum absolute atomic E-state index is 0.138. The normalized spacial score (nSPS) is 43.4. The van der Waals surface area contributed by atoms with Gasteiger partial charge in [-0.15, -0.1) is 0 Å². The molecule has 30 heavy (non-hydrogen) atoms. The summed E-state index contributed by atoms with van der Waals surface area (Å²) in [5.41, 5.74) is 2.97. The van der Waals surface area contributed by atoms with E-state index in [1.165, 1.54) is 44.9 Å². The van der Waals surface area contributed by atoms with Gasteiger partial charge in [0.05, 0.1) is 0 Å². The Morgan fingerprint density at radius 1 is 1.00 bits per heavy atom. The Labute approximate surface area is 183 Å². The van der Waals surface area contributed by atoms with Crippen molar-refractivity contribution in [2.75, 3.05) is 0 Å². The van der Waals surface area contributed by atoms with E-state index >= 15 is 0 Å². The fourth-order valence-corrected chi connectivity index (χ4v) is 8.05. The highest BCUT2D eigenvalue weighted by atomic mass is 16.5. The zero-order chi connectivity index (χ0) is 21.9. The Balaban J connectivity index is 1.55. The van der Waals surface area contributed by atoms with Gasteiger partial charge in [-0.3, -0.25) is 0 Å². The molecule has 0 aromatic heterocycles. The van der Waals surface area contributed by atoms with Crippen molar-refractivity contribution in [2.24, 2.45) is 40.4 Å². The van der Waals surface area contributed by atoms with Crippen LogP contribution in [0.15, 0.2) is 23.3 Å². The summed E-state index contributed by atoms with van der Waals surface area (Å²) in [7, 11) is 0. The average molecular weight is 417 g/mol. The van der Waals surface area contributed by atoms with Crippen LogP contribution in [0.5, 0.6) is 0 Å². The summed E-state index contributed by atoms with van der Waals surface area (Å²) in [6.45, 7) is 12.0. The molecule has 0 aromatic rings. The summed E-state index contributed by atoms with van der Waals surface area (Å²) in [4.78, 5) is 0. The molecule has 7 atom stereocenters. The maximum absolute atomic E-state index is 10.5. The molecular formula is C27H44O3. The molecule has 0 bridgehead atoms. The molecule has 0 radical (unpaired) electrons. The maximum atomic E-state index is 10.5. The summed E-state index contributed by atoms with van der Waals surface area (Å²) < 4.78 is 0. The summed E-state index contributed by atoms with van der Waals surface area (Å²) in [6.07, 6.45) is 13.2. The SMILES string of the molecule is CC(C)CCC[C@@H](C)[C@H]1CC[C@H]2C3=CC=C4CC(O)(O)[C@H](O)C[C@]4(C)[C@H]3CC[C@]12C. The summed E-state index contributed by atoms with van der Waals surface area (Å²) in [6, 6.07) is 0. The van der Waals surface area contributed by atoms with Crippen LogP contribution in [0.2, 0.25) is 0 Å². The zero-order valence-electron chi connectivity index (χ0n) is 19.8. The summed E-state index contributed by atoms with van der Waals surface area (Å²) in [5.74, 6) is 1.52. The molecule has 170 valence electrons. The quantitative estimate of drug-likeness (QED) is 0.511. The first-order chi connectivity index (χ1) is 14.0. The van der Waals surface area contributed by atoms with Crippen molar-refractivity contribution in [1.29, 1.82) is 0 Å². The number of allylic oxidation sites excluding steroid dienone is 3. The molecule has 4 aliphatic carbocycles. The van der Waals surface area contributed by atoms with E-state index in [0.717, 1.165) is 23.3 Å². The first-order valence-electron chi connectivity index (χ1n) is 12.5. The largest absolute Gasteiger partial charge is 0.387 e. The second kappa shape index (κ2) is 7.74. The van der Waals surface area contributed by atoms with Crippen LogP contribution >= 0.6 is 0 Å². The van der Waals surface area contributed by atoms with Crippen molar-refractivity contribution < 1.29 is 15.3 Å². The second-order valence-corrected chi connectivity index (χ2v) is 12.2. The van der Waals surface area contributed by atoms with Gasteiger partial charge in [-0.05, 0) is 72.5 Å². The van der Waals surface area contributed by atoms with Crippen LogP contribution in [0.4, 0.5) is 0 Å². The molecular weight excluding hydrogens is 372 g/mol. The van der Waals surface area contributed by atoms with Crippen molar-refractivity contribution in [1.82, 2.24) is 0 Å². The molecule has 3 saturated carbocycles. The van der Waals surface area contributed by atoms with Crippen molar-refractivity contribution >= 4 is 0 Å². The maximum Gasteiger partial charge on any atom is 0.193 e. The van der Waals surface area contributed by atoms with Crippen LogP contribution in [-0.4, -0.2) is 27.2 Å². The van der Waals surface area contributed by atoms with Gasteiger partial charge in [-0.2, -0.15) is 0 Å². The zero-order valence-corrected chi connectivity index (χ0v) is 19.8. The van der Waals surface area contributed by atoms with Crippen molar-refractivity contribution in [3.8, 4) is 0 Å². The number of hydrogen-bond acceptors (Lipinski definition) is 3. The first-order valence-corrected chi connectivity index (χ1v) is 12.5. The number of aliphatic hydroxyl groups excluding tert-OH is 1. The minimum atomic E-state index is -1.98. The molecule has 0 heterocycles. The number of rotatable bonds is 5. The standard InChI is InChI=1S/C27H44O3/c1-17(2)7-6-8-18(3)21-11-12-22-20-10-9-19-15-27(29,30)24(28)16-26(19,5)23(20)13-14-25(21,22)4/h9-10,17-18,21-24,28-30H,6-8,11-16H2,1-5H3/t18-,21-,22+,23+,24-,25-,26+/m1/s1. The molecule has 0 aromatic carbocycles. The highest BCUT2D eigenvalue weighted by molar-refractivity contribution is 5.39. The third-order valence-electron chi connectivity index (χ3n) is 9.90. The molecule has 0 saturated heterocycles. The lowest BCUT2D eigenvalue weighted by atomic mass is 9.49. The third kappa shape index (κ3) is 3.53. The summed E-state index contributed by atoms with van der Waals surface area (Å²) in [5, 5.41) is 30.9. The average Bonchev–Trinajstić information content (AvgIpc) is 3.00. The third-order valence-corrected chi connectivity index (χ3v) is 9.90. The predicted octanol–water partition coefficient (Wildman–Crippen LogP) is 5.60. The highest BCUT2D eigenvalue weighted by Crippen LogP contribution is 2.66. The molecule has 0 spiro atoms. The highest BCUT2D eigenvalue weighted by Gasteiger charge is 2.59. The first kappa shape index (κ1) is 22.6. The Morgan fingerprint density at radius 3 is 2.43 bits per heavy atom. The van der Waals surface area contributed by atoms with Gasteiger partial charge in [0.2, 0.25) is 0 Å². The topological polar surface area (TPSA) is 60.7 Å². The van der Waals surface area contributed by atoms with Crippen LogP contribution in [0.1, 0.15) is 92.4 Å². The van der Waals surface area contributed by atoms with Gasteiger partial charge in [0, 0.05) is 6.42 Å². The molecule has 0 amide bonds. The fourth-order valence-electron chi connectivity index (χ4n) is 8.05. The Bertz CT molecular complexity index is 720. The van der Waals surface area contributed by atoms with Gasteiger partial charge >= 0.3 is 0 Å². The van der Waals surface area contributed by atoms with Crippen LogP contribution in [-0.2, 0) is 0 Å². The van der Waals surface area contributed by atoms with E-state index in [-0.39, 0.29) is 11.8 Å². The van der Waals surface area contributed by atoms with E-state index in [2.05, 4.69) is 46.8 Å². The van der Waals surface area contributed by atoms with Crippen LogP contribution < -0.4 is 0 Å². The number of hydrogen-bond donors (Lipinski definition) is 3. The van der Waals surface area contributed by atoms with Crippen LogP contribution in [0, 0.1) is 40.4 Å². The summed E-state index contributed by atoms with van der Waals surface area (Å²) >= 11 is 0. The Hall–Kier alpha value is -0.640. The van der Waals surface area contributed by atoms with Gasteiger partial charge in [-0.25, -0.2) is 0 Å². The predicted molar refractivity (Wildman–Crippen MR) is 122 cm³/mol. The molecule has 0 aliphatic heterocycles. The lowest BCUT2D eigenvalue weighted by molar-refractivity contribution is -0.245. The van der Waals surface area contributed by atoms with Gasteiger partial charge in [0.1, 0.15) is 6.10 Å². The fraction of sp³-hybridized carbons (Fsp3) is 0.852. The van der Waals surface area contributed by atoms with E-state index in [4.69, 9.17) is 0 Å². The van der Waals surface area contributed by atoms with Crippen LogP contribution in [0.3, 0.4) is 0 Å². The molecule has 3 heteroatoms. The molecule has 4 rings (SSSR count). The number of aliphatic hydroxyl groups is 3. The number of fused-ring (bicyclic) bond motifs is 5. The van der Waals surface area contributed by atoms with Crippen molar-refractivity contribution in [2.45, 2.75) is 104 Å². The van der Waals surface area contributed by atoms with E-state index in [0.29, 0.717) is 23.7 Å². The van der Waals surface area contributed by atoms with E-state index in [1.54, 1.807) is 5.57 Å². The van der Waals surface area contributed by atoms with E-state index in [1.807, 2.05) is 0 Å². The van der Waals surface area contributed by atoms with Gasteiger partial charge < -0.3 is 15.3 Å². The van der Waals surface area contributed by atoms with Gasteiger partial charge in [-0.1, -0.05) is 77.2 Å². The van der Waals surface area contributed by atoms with E-state index < -0.39 is 11.9 Å². The molecule has 3 N–H and O–H groups in total. The molecule has 0 unspecified atom stereocenters. The smallest absolute Gasteiger partial charge is 0.193 e.